The van der Waals surface area contributed by atoms with Crippen molar-refractivity contribution in [1.29, 1.82) is 0 Å². The van der Waals surface area contributed by atoms with Crippen LogP contribution in [0.15, 0.2) is 42.6 Å². The summed E-state index contributed by atoms with van der Waals surface area (Å²) in [6.07, 6.45) is 1.33. The van der Waals surface area contributed by atoms with Crippen molar-refractivity contribution in [3.63, 3.8) is 0 Å². The number of hydrogen-bond donors (Lipinski definition) is 1. The molecule has 1 aliphatic heterocycles. The third-order valence-corrected chi connectivity index (χ3v) is 4.51. The first kappa shape index (κ1) is 19.5. The second-order valence-electron chi connectivity index (χ2n) is 6.56. The zero-order chi connectivity index (χ0) is 20.3. The van der Waals surface area contributed by atoms with Crippen LogP contribution in [0, 0.1) is 5.82 Å². The van der Waals surface area contributed by atoms with Gasteiger partial charge in [0, 0.05) is 37.7 Å². The van der Waals surface area contributed by atoms with Gasteiger partial charge < -0.3 is 15.0 Å². The van der Waals surface area contributed by atoms with Gasteiger partial charge in [-0.3, -0.25) is 19.4 Å². The first-order chi connectivity index (χ1) is 13.3. The smallest absolute Gasteiger partial charge is 0.302 e. The fourth-order valence-corrected chi connectivity index (χ4v) is 3.33. The number of aromatic nitrogens is 1. The Morgan fingerprint density at radius 2 is 2.00 bits per heavy atom. The molecule has 0 saturated carbocycles. The van der Waals surface area contributed by atoms with Crippen LogP contribution in [0.4, 0.5) is 10.1 Å². The average molecular weight is 385 g/mol. The van der Waals surface area contributed by atoms with Gasteiger partial charge in [-0.1, -0.05) is 12.1 Å². The number of hydrogen-bond acceptors (Lipinski definition) is 5. The Labute approximate surface area is 161 Å². The normalized spacial score (nSPS) is 18.6. The van der Waals surface area contributed by atoms with Gasteiger partial charge in [0.15, 0.2) is 0 Å². The number of likely N-dealkylation sites (tertiary alicyclic amines) is 1. The average Bonchev–Trinajstić information content (AvgIpc) is 3.05. The summed E-state index contributed by atoms with van der Waals surface area (Å²) in [6.45, 7) is 2.91. The molecule has 1 N–H and O–H groups in total. The van der Waals surface area contributed by atoms with E-state index < -0.39 is 29.8 Å². The molecule has 1 fully saturated rings. The number of carbonyl (C=O) groups is 3. The SMILES string of the molecule is CC(=O)OC1CC(c2ccc(NC(=O)c3ccccn3)cc2F)N(C(C)=O)C1. The van der Waals surface area contributed by atoms with E-state index in [-0.39, 0.29) is 23.8 Å². The number of esters is 1. The fraction of sp³-hybridized carbons (Fsp3) is 0.300. The Kier molecular flexibility index (Phi) is 5.67. The first-order valence-corrected chi connectivity index (χ1v) is 8.81. The van der Waals surface area contributed by atoms with Gasteiger partial charge in [-0.05, 0) is 24.3 Å². The monoisotopic (exact) mass is 385 g/mol. The van der Waals surface area contributed by atoms with Gasteiger partial charge in [-0.2, -0.15) is 0 Å². The highest BCUT2D eigenvalue weighted by Crippen LogP contribution is 2.35. The highest BCUT2D eigenvalue weighted by atomic mass is 19.1. The molecular formula is C20H20FN3O4. The van der Waals surface area contributed by atoms with Crippen molar-refractivity contribution in [1.82, 2.24) is 9.88 Å². The molecule has 7 nitrogen and oxygen atoms in total. The van der Waals surface area contributed by atoms with Crippen LogP contribution in [0.1, 0.15) is 42.4 Å². The van der Waals surface area contributed by atoms with Gasteiger partial charge in [0.2, 0.25) is 5.91 Å². The number of nitrogens with one attached hydrogen (secondary N) is 1. The third-order valence-electron chi connectivity index (χ3n) is 4.51. The number of carbonyl (C=O) groups excluding carboxylic acids is 3. The van der Waals surface area contributed by atoms with Gasteiger partial charge in [-0.15, -0.1) is 0 Å². The molecule has 3 rings (SSSR count). The Morgan fingerprint density at radius 3 is 2.61 bits per heavy atom. The fourth-order valence-electron chi connectivity index (χ4n) is 3.33. The van der Waals surface area contributed by atoms with Gasteiger partial charge in [0.05, 0.1) is 12.6 Å². The number of halogens is 1. The predicted octanol–water partition coefficient (Wildman–Crippen LogP) is 2.70. The van der Waals surface area contributed by atoms with Crippen molar-refractivity contribution in [3.05, 3.63) is 59.7 Å². The Bertz CT molecular complexity index is 904. The van der Waals surface area contributed by atoms with Gasteiger partial charge in [0.25, 0.3) is 5.91 Å². The molecule has 2 aromatic rings. The molecule has 1 saturated heterocycles. The van der Waals surface area contributed by atoms with Crippen LogP contribution in [0.2, 0.25) is 0 Å². The summed E-state index contributed by atoms with van der Waals surface area (Å²) in [5.41, 5.74) is 0.802. The van der Waals surface area contributed by atoms with Crippen LogP contribution in [-0.2, 0) is 14.3 Å². The number of pyridine rings is 1. The molecular weight excluding hydrogens is 365 g/mol. The van der Waals surface area contributed by atoms with Gasteiger partial charge in [-0.25, -0.2) is 4.39 Å². The minimum absolute atomic E-state index is 0.217. The summed E-state index contributed by atoms with van der Waals surface area (Å²) >= 11 is 0. The van der Waals surface area contributed by atoms with E-state index in [2.05, 4.69) is 10.3 Å². The van der Waals surface area contributed by atoms with Gasteiger partial charge in [0.1, 0.15) is 17.6 Å². The molecule has 146 valence electrons. The van der Waals surface area contributed by atoms with Crippen LogP contribution in [0.25, 0.3) is 0 Å². The molecule has 1 aromatic heterocycles. The maximum atomic E-state index is 14.8. The molecule has 2 atom stereocenters. The molecule has 0 radical (unpaired) electrons. The quantitative estimate of drug-likeness (QED) is 0.818. The standard InChI is InChI=1S/C20H20FN3O4/c1-12(25)24-11-15(28-13(2)26)10-19(24)16-7-6-14(9-17(16)21)23-20(27)18-5-3-4-8-22-18/h3-9,15,19H,10-11H2,1-2H3,(H,23,27). The molecule has 1 aromatic carbocycles. The van der Waals surface area contributed by atoms with E-state index in [9.17, 15) is 18.8 Å². The largest absolute Gasteiger partial charge is 0.461 e. The Hall–Kier alpha value is -3.29. The lowest BCUT2D eigenvalue weighted by Gasteiger charge is -2.23. The van der Waals surface area contributed by atoms with Crippen molar-refractivity contribution >= 4 is 23.5 Å². The van der Waals surface area contributed by atoms with E-state index in [0.29, 0.717) is 12.0 Å². The highest BCUT2D eigenvalue weighted by molar-refractivity contribution is 6.02. The predicted molar refractivity (Wildman–Crippen MR) is 98.9 cm³/mol. The highest BCUT2D eigenvalue weighted by Gasteiger charge is 2.37. The van der Waals surface area contributed by atoms with E-state index in [1.54, 1.807) is 24.3 Å². The maximum Gasteiger partial charge on any atom is 0.302 e. The molecule has 0 aliphatic carbocycles. The molecule has 28 heavy (non-hydrogen) atoms. The van der Waals surface area contributed by atoms with Crippen molar-refractivity contribution in [2.24, 2.45) is 0 Å². The molecule has 2 heterocycles. The van der Waals surface area contributed by atoms with Crippen LogP contribution in [-0.4, -0.2) is 40.3 Å². The second kappa shape index (κ2) is 8.16. The molecule has 2 amide bonds. The molecule has 0 spiro atoms. The summed E-state index contributed by atoms with van der Waals surface area (Å²) in [7, 11) is 0. The van der Waals surface area contributed by atoms with E-state index >= 15 is 0 Å². The number of rotatable bonds is 4. The molecule has 2 unspecified atom stereocenters. The van der Waals surface area contributed by atoms with Crippen LogP contribution in [0.5, 0.6) is 0 Å². The minimum Gasteiger partial charge on any atom is -0.461 e. The lowest BCUT2D eigenvalue weighted by Crippen LogP contribution is -2.30. The lowest BCUT2D eigenvalue weighted by molar-refractivity contribution is -0.146. The third kappa shape index (κ3) is 4.33. The van der Waals surface area contributed by atoms with Crippen LogP contribution < -0.4 is 5.32 Å². The van der Waals surface area contributed by atoms with E-state index in [0.717, 1.165) is 0 Å². The number of benzene rings is 1. The summed E-state index contributed by atoms with van der Waals surface area (Å²) in [5.74, 6) is -1.68. The zero-order valence-electron chi connectivity index (χ0n) is 15.5. The van der Waals surface area contributed by atoms with Crippen molar-refractivity contribution in [2.75, 3.05) is 11.9 Å². The van der Waals surface area contributed by atoms with Crippen molar-refractivity contribution in [3.8, 4) is 0 Å². The van der Waals surface area contributed by atoms with Crippen LogP contribution in [0.3, 0.4) is 0 Å². The summed E-state index contributed by atoms with van der Waals surface area (Å²) in [4.78, 5) is 40.7. The summed E-state index contributed by atoms with van der Waals surface area (Å²) < 4.78 is 20.0. The number of anilines is 1. The Morgan fingerprint density at radius 1 is 1.21 bits per heavy atom. The summed E-state index contributed by atoms with van der Waals surface area (Å²) in [6, 6.07) is 8.68. The number of nitrogens with zero attached hydrogens (tertiary/aromatic N) is 2. The van der Waals surface area contributed by atoms with Crippen LogP contribution >= 0.6 is 0 Å². The van der Waals surface area contributed by atoms with E-state index in [1.807, 2.05) is 0 Å². The lowest BCUT2D eigenvalue weighted by atomic mass is 10.0. The topological polar surface area (TPSA) is 88.6 Å². The molecule has 1 aliphatic rings. The summed E-state index contributed by atoms with van der Waals surface area (Å²) in [5, 5.41) is 2.59. The maximum absolute atomic E-state index is 14.8. The minimum atomic E-state index is -0.557. The van der Waals surface area contributed by atoms with E-state index in [4.69, 9.17) is 4.74 Å². The zero-order valence-corrected chi connectivity index (χ0v) is 15.5. The van der Waals surface area contributed by atoms with Gasteiger partial charge >= 0.3 is 5.97 Å². The molecule has 0 bridgehead atoms. The second-order valence-corrected chi connectivity index (χ2v) is 6.56. The molecule has 8 heteroatoms. The van der Waals surface area contributed by atoms with E-state index in [1.165, 1.54) is 37.1 Å². The van der Waals surface area contributed by atoms with Crippen molar-refractivity contribution in [2.45, 2.75) is 32.4 Å². The Balaban J connectivity index is 1.78. The van der Waals surface area contributed by atoms with Crippen molar-refractivity contribution < 1.29 is 23.5 Å². The number of amides is 2. The number of ether oxygens (including phenoxy) is 1. The first-order valence-electron chi connectivity index (χ1n) is 8.81.